The zero-order valence-corrected chi connectivity index (χ0v) is 17.1. The summed E-state index contributed by atoms with van der Waals surface area (Å²) in [5.74, 6) is 0.846. The van der Waals surface area contributed by atoms with Crippen LogP contribution in [0.1, 0.15) is 11.1 Å². The molecule has 0 radical (unpaired) electrons. The largest absolute Gasteiger partial charge is 0.497 e. The average Bonchev–Trinajstić information content (AvgIpc) is 2.89. The van der Waals surface area contributed by atoms with E-state index in [4.69, 9.17) is 14.2 Å². The lowest BCUT2D eigenvalue weighted by molar-refractivity contribution is -0.135. The molecule has 2 fully saturated rings. The van der Waals surface area contributed by atoms with Crippen molar-refractivity contribution in [3.05, 3.63) is 59.7 Å². The summed E-state index contributed by atoms with van der Waals surface area (Å²) in [6.45, 7) is 6.13. The summed E-state index contributed by atoms with van der Waals surface area (Å²) in [5, 5.41) is 0. The van der Waals surface area contributed by atoms with E-state index in [2.05, 4.69) is 24.0 Å². The van der Waals surface area contributed by atoms with E-state index in [1.165, 1.54) is 11.1 Å². The van der Waals surface area contributed by atoms with E-state index in [1.54, 1.807) is 12.0 Å². The van der Waals surface area contributed by atoms with Crippen LogP contribution in [0.4, 0.5) is 5.69 Å². The van der Waals surface area contributed by atoms with Crippen LogP contribution in [0.25, 0.3) is 0 Å². The first kappa shape index (κ1) is 19.9. The number of methoxy groups -OCH3 is 1. The van der Waals surface area contributed by atoms with E-state index in [1.807, 2.05) is 36.4 Å². The second-order valence-electron chi connectivity index (χ2n) is 7.84. The summed E-state index contributed by atoms with van der Waals surface area (Å²) in [7, 11) is 1.69. The summed E-state index contributed by atoms with van der Waals surface area (Å²) >= 11 is 0. The fraction of sp³-hybridized carbons (Fsp3) is 0.435. The van der Waals surface area contributed by atoms with Crippen molar-refractivity contribution in [3.8, 4) is 5.75 Å². The van der Waals surface area contributed by atoms with E-state index in [-0.39, 0.29) is 12.5 Å². The number of ether oxygens (including phenoxy) is 3. The Morgan fingerprint density at radius 1 is 1.14 bits per heavy atom. The number of benzene rings is 2. The molecule has 4 rings (SSSR count). The minimum Gasteiger partial charge on any atom is -0.497 e. The van der Waals surface area contributed by atoms with Gasteiger partial charge in [0.15, 0.2) is 0 Å². The molecular formula is C23H28N2O4. The van der Waals surface area contributed by atoms with Crippen molar-refractivity contribution in [3.63, 3.8) is 0 Å². The number of amides is 1. The van der Waals surface area contributed by atoms with Crippen molar-refractivity contribution >= 4 is 11.6 Å². The van der Waals surface area contributed by atoms with E-state index in [9.17, 15) is 4.79 Å². The van der Waals surface area contributed by atoms with Crippen molar-refractivity contribution in [2.45, 2.75) is 19.1 Å². The third kappa shape index (κ3) is 4.45. The first-order valence-electron chi connectivity index (χ1n) is 10.0. The molecule has 2 aliphatic heterocycles. The SMILES string of the molecule is COc1ccc(CN2CCOC3(COCC(=O)N(c4ccccc4)C3)C2)c(C)c1. The lowest BCUT2D eigenvalue weighted by atomic mass is 10.00. The van der Waals surface area contributed by atoms with Crippen molar-refractivity contribution in [1.29, 1.82) is 0 Å². The number of hydrogen-bond donors (Lipinski definition) is 0. The van der Waals surface area contributed by atoms with Gasteiger partial charge in [-0.2, -0.15) is 0 Å². The van der Waals surface area contributed by atoms with Crippen molar-refractivity contribution in [2.24, 2.45) is 0 Å². The van der Waals surface area contributed by atoms with Gasteiger partial charge in [-0.25, -0.2) is 0 Å². The maximum Gasteiger partial charge on any atom is 0.253 e. The number of aryl methyl sites for hydroxylation is 1. The Kier molecular flexibility index (Phi) is 5.85. The van der Waals surface area contributed by atoms with Gasteiger partial charge in [0.2, 0.25) is 0 Å². The zero-order chi connectivity index (χ0) is 20.3. The average molecular weight is 396 g/mol. The Balaban J connectivity index is 1.52. The van der Waals surface area contributed by atoms with Crippen LogP contribution >= 0.6 is 0 Å². The minimum absolute atomic E-state index is 0.0280. The maximum atomic E-state index is 12.6. The minimum atomic E-state index is -0.527. The highest BCUT2D eigenvalue weighted by Crippen LogP contribution is 2.28. The molecule has 6 heteroatoms. The van der Waals surface area contributed by atoms with Gasteiger partial charge in [-0.15, -0.1) is 0 Å². The topological polar surface area (TPSA) is 51.2 Å². The third-order valence-electron chi connectivity index (χ3n) is 5.68. The molecule has 1 unspecified atom stereocenters. The number of para-hydroxylation sites is 1. The van der Waals surface area contributed by atoms with Gasteiger partial charge in [0.05, 0.1) is 26.9 Å². The normalized spacial score (nSPS) is 23.2. The van der Waals surface area contributed by atoms with Crippen LogP contribution in [0.5, 0.6) is 5.75 Å². The lowest BCUT2D eigenvalue weighted by Gasteiger charge is -2.43. The Hall–Kier alpha value is -2.41. The molecule has 6 nitrogen and oxygen atoms in total. The van der Waals surface area contributed by atoms with Gasteiger partial charge >= 0.3 is 0 Å². The Morgan fingerprint density at radius 2 is 1.97 bits per heavy atom. The first-order chi connectivity index (χ1) is 14.1. The van der Waals surface area contributed by atoms with Crippen LogP contribution in [0.15, 0.2) is 48.5 Å². The van der Waals surface area contributed by atoms with Gasteiger partial charge in [-0.1, -0.05) is 24.3 Å². The number of carbonyl (C=O) groups is 1. The molecule has 2 aromatic rings. The molecule has 2 aliphatic rings. The number of carbonyl (C=O) groups excluding carboxylic acids is 1. The maximum absolute atomic E-state index is 12.6. The lowest BCUT2D eigenvalue weighted by Crippen LogP contribution is -2.59. The highest BCUT2D eigenvalue weighted by atomic mass is 16.5. The summed E-state index contributed by atoms with van der Waals surface area (Å²) < 4.78 is 17.3. The number of anilines is 1. The Morgan fingerprint density at radius 3 is 2.72 bits per heavy atom. The predicted octanol–water partition coefficient (Wildman–Crippen LogP) is 2.64. The van der Waals surface area contributed by atoms with Crippen LogP contribution in [0, 0.1) is 6.92 Å². The molecule has 2 heterocycles. The van der Waals surface area contributed by atoms with E-state index < -0.39 is 5.60 Å². The van der Waals surface area contributed by atoms with Gasteiger partial charge in [0.1, 0.15) is 18.0 Å². The van der Waals surface area contributed by atoms with Gasteiger partial charge in [0, 0.05) is 25.3 Å². The number of morpholine rings is 1. The summed E-state index contributed by atoms with van der Waals surface area (Å²) in [6, 6.07) is 16.0. The van der Waals surface area contributed by atoms with Gasteiger partial charge in [-0.05, 0) is 42.3 Å². The molecule has 1 atom stereocenters. The van der Waals surface area contributed by atoms with E-state index >= 15 is 0 Å². The Labute approximate surface area is 172 Å². The summed E-state index contributed by atoms with van der Waals surface area (Å²) in [5.41, 5.74) is 2.84. The molecule has 1 amide bonds. The molecule has 0 N–H and O–H groups in total. The molecule has 2 aromatic carbocycles. The molecule has 0 aromatic heterocycles. The molecule has 2 saturated heterocycles. The monoisotopic (exact) mass is 396 g/mol. The van der Waals surface area contributed by atoms with Crippen LogP contribution in [-0.4, -0.2) is 63.0 Å². The van der Waals surface area contributed by atoms with Gasteiger partial charge in [0.25, 0.3) is 5.91 Å². The van der Waals surface area contributed by atoms with Crippen LogP contribution in [-0.2, 0) is 20.8 Å². The quantitative estimate of drug-likeness (QED) is 0.795. The van der Waals surface area contributed by atoms with E-state index in [0.717, 1.165) is 31.1 Å². The zero-order valence-electron chi connectivity index (χ0n) is 17.1. The fourth-order valence-corrected chi connectivity index (χ4v) is 4.12. The predicted molar refractivity (Wildman–Crippen MR) is 111 cm³/mol. The van der Waals surface area contributed by atoms with Gasteiger partial charge < -0.3 is 19.1 Å². The molecule has 154 valence electrons. The molecule has 0 bridgehead atoms. The van der Waals surface area contributed by atoms with Crippen molar-refractivity contribution in [2.75, 3.05) is 51.5 Å². The number of hydrogen-bond acceptors (Lipinski definition) is 5. The molecule has 29 heavy (non-hydrogen) atoms. The summed E-state index contributed by atoms with van der Waals surface area (Å²) in [4.78, 5) is 16.8. The summed E-state index contributed by atoms with van der Waals surface area (Å²) in [6.07, 6.45) is 0. The second kappa shape index (κ2) is 8.53. The number of rotatable bonds is 4. The Bertz CT molecular complexity index is 857. The number of nitrogens with zero attached hydrogens (tertiary/aromatic N) is 2. The van der Waals surface area contributed by atoms with E-state index in [0.29, 0.717) is 19.8 Å². The second-order valence-corrected chi connectivity index (χ2v) is 7.84. The highest BCUT2D eigenvalue weighted by molar-refractivity contribution is 5.94. The first-order valence-corrected chi connectivity index (χ1v) is 10.0. The molecule has 1 spiro atoms. The third-order valence-corrected chi connectivity index (χ3v) is 5.68. The van der Waals surface area contributed by atoms with Crippen molar-refractivity contribution < 1.29 is 19.0 Å². The molecular weight excluding hydrogens is 368 g/mol. The van der Waals surface area contributed by atoms with Gasteiger partial charge in [-0.3, -0.25) is 9.69 Å². The van der Waals surface area contributed by atoms with Crippen LogP contribution in [0.2, 0.25) is 0 Å². The van der Waals surface area contributed by atoms with Crippen LogP contribution < -0.4 is 9.64 Å². The smallest absolute Gasteiger partial charge is 0.253 e. The molecule has 0 saturated carbocycles. The highest BCUT2D eigenvalue weighted by Gasteiger charge is 2.42. The molecule has 0 aliphatic carbocycles. The standard InChI is InChI=1S/C23H28N2O4/c1-18-12-21(27-2)9-8-19(18)13-24-10-11-29-23(15-24)16-25(22(26)14-28-17-23)20-6-4-3-5-7-20/h3-9,12H,10-11,13-17H2,1-2H3. The van der Waals surface area contributed by atoms with Crippen LogP contribution in [0.3, 0.4) is 0 Å². The van der Waals surface area contributed by atoms with Crippen molar-refractivity contribution in [1.82, 2.24) is 4.90 Å². The fourth-order valence-electron chi connectivity index (χ4n) is 4.12.